The van der Waals surface area contributed by atoms with Gasteiger partial charge >= 0.3 is 11.9 Å². The van der Waals surface area contributed by atoms with Gasteiger partial charge in [0.15, 0.2) is 0 Å². The molecule has 0 unspecified atom stereocenters. The number of hydrogen-bond donors (Lipinski definition) is 7. The molecule has 6 atom stereocenters. The van der Waals surface area contributed by atoms with Gasteiger partial charge in [-0.2, -0.15) is 12.6 Å². The second-order valence-corrected chi connectivity index (χ2v) is 8.94. The zero-order valence-corrected chi connectivity index (χ0v) is 20.9. The monoisotopic (exact) mass is 517 g/mol. The Kier molecular flexibility index (Phi) is 12.0. The number of rotatable bonds is 13. The molecule has 1 aliphatic rings. The molecule has 14 heteroatoms. The SMILES string of the molecule is CC[C@H](C)[C@H](N)C(=O)N[C@@H](CS)C(=O)N[C@@H](C)C(=O)N[C@@H](CC(=O)O)C(=O)N1CCC[C@H]1C(=O)O. The summed E-state index contributed by atoms with van der Waals surface area (Å²) in [6, 6.07) is -5.75. The summed E-state index contributed by atoms with van der Waals surface area (Å²) in [5, 5.41) is 25.6. The average Bonchev–Trinajstić information content (AvgIpc) is 3.30. The lowest BCUT2D eigenvalue weighted by molar-refractivity contribution is -0.150. The molecule has 0 bridgehead atoms. The molecule has 0 spiro atoms. The van der Waals surface area contributed by atoms with E-state index in [1.54, 1.807) is 6.92 Å². The van der Waals surface area contributed by atoms with E-state index in [0.29, 0.717) is 12.8 Å². The number of thiol groups is 1. The van der Waals surface area contributed by atoms with Crippen molar-refractivity contribution in [3.8, 4) is 0 Å². The van der Waals surface area contributed by atoms with Crippen LogP contribution in [0.1, 0.15) is 46.5 Å². The highest BCUT2D eigenvalue weighted by molar-refractivity contribution is 7.80. The third-order valence-corrected chi connectivity index (χ3v) is 6.31. The molecule has 1 saturated heterocycles. The highest BCUT2D eigenvalue weighted by atomic mass is 32.1. The van der Waals surface area contributed by atoms with Crippen molar-refractivity contribution in [3.05, 3.63) is 0 Å². The molecule has 13 nitrogen and oxygen atoms in total. The van der Waals surface area contributed by atoms with E-state index in [0.717, 1.165) is 4.90 Å². The van der Waals surface area contributed by atoms with Crippen LogP contribution in [-0.2, 0) is 28.8 Å². The maximum Gasteiger partial charge on any atom is 0.326 e. The molecule has 0 saturated carbocycles. The van der Waals surface area contributed by atoms with Crippen molar-refractivity contribution in [2.45, 2.75) is 76.7 Å². The van der Waals surface area contributed by atoms with Crippen LogP contribution in [0.4, 0.5) is 0 Å². The lowest BCUT2D eigenvalue weighted by Gasteiger charge is -2.28. The summed E-state index contributed by atoms with van der Waals surface area (Å²) in [5.41, 5.74) is 5.87. The summed E-state index contributed by atoms with van der Waals surface area (Å²) in [5.74, 6) is -5.75. The number of hydrogen-bond acceptors (Lipinski definition) is 8. The van der Waals surface area contributed by atoms with Gasteiger partial charge in [-0.25, -0.2) is 4.79 Å². The summed E-state index contributed by atoms with van der Waals surface area (Å²) in [6.07, 6.45) is 0.542. The van der Waals surface area contributed by atoms with Crippen LogP contribution in [0.15, 0.2) is 0 Å². The lowest BCUT2D eigenvalue weighted by atomic mass is 9.99. The van der Waals surface area contributed by atoms with E-state index >= 15 is 0 Å². The largest absolute Gasteiger partial charge is 0.481 e. The molecule has 0 aromatic rings. The van der Waals surface area contributed by atoms with Crippen LogP contribution in [0.3, 0.4) is 0 Å². The van der Waals surface area contributed by atoms with E-state index in [-0.39, 0.29) is 24.6 Å². The number of carboxylic acids is 2. The topological polar surface area (TPSA) is 208 Å². The molecule has 0 aromatic heterocycles. The Morgan fingerprint density at radius 2 is 1.60 bits per heavy atom. The summed E-state index contributed by atoms with van der Waals surface area (Å²) in [4.78, 5) is 74.0. The fraction of sp³-hybridized carbons (Fsp3) is 0.714. The maximum atomic E-state index is 12.8. The van der Waals surface area contributed by atoms with Gasteiger partial charge in [0, 0.05) is 12.3 Å². The van der Waals surface area contributed by atoms with Gasteiger partial charge in [-0.1, -0.05) is 20.3 Å². The van der Waals surface area contributed by atoms with Gasteiger partial charge in [0.05, 0.1) is 12.5 Å². The molecular formula is C21H35N5O8S. The molecule has 198 valence electrons. The van der Waals surface area contributed by atoms with Gasteiger partial charge in [0.2, 0.25) is 23.6 Å². The Morgan fingerprint density at radius 3 is 2.11 bits per heavy atom. The minimum absolute atomic E-state index is 0.0786. The molecule has 0 aliphatic carbocycles. The van der Waals surface area contributed by atoms with Crippen molar-refractivity contribution in [2.75, 3.05) is 12.3 Å². The van der Waals surface area contributed by atoms with Crippen LogP contribution in [0.2, 0.25) is 0 Å². The first-order valence-electron chi connectivity index (χ1n) is 11.4. The third kappa shape index (κ3) is 8.69. The molecule has 1 fully saturated rings. The van der Waals surface area contributed by atoms with Crippen LogP contribution >= 0.6 is 12.6 Å². The Labute approximate surface area is 208 Å². The van der Waals surface area contributed by atoms with E-state index in [2.05, 4.69) is 28.6 Å². The number of nitrogens with two attached hydrogens (primary N) is 1. The zero-order valence-electron chi connectivity index (χ0n) is 20.0. The number of nitrogens with zero attached hydrogens (tertiary/aromatic N) is 1. The summed E-state index contributed by atoms with van der Waals surface area (Å²) in [7, 11) is 0. The van der Waals surface area contributed by atoms with Crippen molar-refractivity contribution in [2.24, 2.45) is 11.7 Å². The van der Waals surface area contributed by atoms with E-state index in [1.807, 2.05) is 6.92 Å². The quantitative estimate of drug-likeness (QED) is 0.139. The molecule has 4 amide bonds. The zero-order chi connectivity index (χ0) is 26.9. The molecule has 1 rings (SSSR count). The van der Waals surface area contributed by atoms with Crippen LogP contribution in [0.5, 0.6) is 0 Å². The Hall–Kier alpha value is -2.87. The molecule has 0 aromatic carbocycles. The number of likely N-dealkylation sites (tertiary alicyclic amines) is 1. The van der Waals surface area contributed by atoms with Crippen molar-refractivity contribution in [1.29, 1.82) is 0 Å². The molecule has 0 radical (unpaired) electrons. The Balaban J connectivity index is 2.83. The van der Waals surface area contributed by atoms with Crippen molar-refractivity contribution < 1.29 is 39.0 Å². The van der Waals surface area contributed by atoms with Crippen molar-refractivity contribution >= 4 is 48.2 Å². The maximum absolute atomic E-state index is 12.8. The highest BCUT2D eigenvalue weighted by Crippen LogP contribution is 2.19. The second-order valence-electron chi connectivity index (χ2n) is 8.57. The molecule has 7 N–H and O–H groups in total. The normalized spacial score (nSPS) is 19.6. The van der Waals surface area contributed by atoms with Gasteiger partial charge in [-0.3, -0.25) is 24.0 Å². The molecule has 1 aliphatic heterocycles. The minimum atomic E-state index is -1.52. The Morgan fingerprint density at radius 1 is 1.00 bits per heavy atom. The number of carbonyl (C=O) groups excluding carboxylic acids is 4. The van der Waals surface area contributed by atoms with Crippen LogP contribution in [0.25, 0.3) is 0 Å². The lowest BCUT2D eigenvalue weighted by Crippen LogP contribution is -2.58. The van der Waals surface area contributed by atoms with E-state index < -0.39 is 72.2 Å². The predicted molar refractivity (Wildman–Crippen MR) is 127 cm³/mol. The summed E-state index contributed by atoms with van der Waals surface area (Å²) in [6.45, 7) is 5.10. The number of carbonyl (C=O) groups is 6. The van der Waals surface area contributed by atoms with E-state index in [4.69, 9.17) is 5.73 Å². The highest BCUT2D eigenvalue weighted by Gasteiger charge is 2.39. The van der Waals surface area contributed by atoms with Crippen LogP contribution < -0.4 is 21.7 Å². The number of carboxylic acid groups (broad SMARTS) is 2. The number of nitrogens with one attached hydrogen (secondary N) is 3. The van der Waals surface area contributed by atoms with Gasteiger partial charge < -0.3 is 36.8 Å². The van der Waals surface area contributed by atoms with Crippen LogP contribution in [0, 0.1) is 5.92 Å². The smallest absolute Gasteiger partial charge is 0.326 e. The van der Waals surface area contributed by atoms with Crippen molar-refractivity contribution in [3.63, 3.8) is 0 Å². The fourth-order valence-corrected chi connectivity index (χ4v) is 3.77. The standard InChI is InChI=1S/C21H35N5O8S/c1-4-10(2)16(22)19(31)25-13(9-35)18(30)23-11(3)17(29)24-12(8-15(27)28)20(32)26-7-5-6-14(26)21(33)34/h10-14,16,35H,4-9,22H2,1-3H3,(H,23,30)(H,24,29)(H,25,31)(H,27,28)(H,33,34)/t10-,11-,12-,13-,14-,16-/m0/s1. The van der Waals surface area contributed by atoms with E-state index in [9.17, 15) is 39.0 Å². The summed E-state index contributed by atoms with van der Waals surface area (Å²) < 4.78 is 0. The predicted octanol–water partition coefficient (Wildman–Crippen LogP) is -1.69. The fourth-order valence-electron chi connectivity index (χ4n) is 3.51. The van der Waals surface area contributed by atoms with Gasteiger partial charge in [-0.15, -0.1) is 0 Å². The van der Waals surface area contributed by atoms with Gasteiger partial charge in [0.1, 0.15) is 24.2 Å². The Bertz CT molecular complexity index is 826. The molecule has 35 heavy (non-hydrogen) atoms. The van der Waals surface area contributed by atoms with Crippen molar-refractivity contribution in [1.82, 2.24) is 20.9 Å². The first-order valence-corrected chi connectivity index (χ1v) is 12.0. The third-order valence-electron chi connectivity index (χ3n) is 5.94. The van der Waals surface area contributed by atoms with E-state index in [1.165, 1.54) is 6.92 Å². The first-order chi connectivity index (χ1) is 16.3. The minimum Gasteiger partial charge on any atom is -0.481 e. The molecular weight excluding hydrogens is 482 g/mol. The number of aliphatic carboxylic acids is 2. The second kappa shape index (κ2) is 13.9. The first kappa shape index (κ1) is 30.2. The average molecular weight is 518 g/mol. The number of amides is 4. The molecule has 1 heterocycles. The van der Waals surface area contributed by atoms with Gasteiger partial charge in [0.25, 0.3) is 0 Å². The van der Waals surface area contributed by atoms with Crippen LogP contribution in [-0.4, -0.2) is 93.2 Å². The summed E-state index contributed by atoms with van der Waals surface area (Å²) >= 11 is 4.06. The van der Waals surface area contributed by atoms with Gasteiger partial charge in [-0.05, 0) is 25.7 Å².